The van der Waals surface area contributed by atoms with Crippen molar-refractivity contribution >= 4 is 31.6 Å². The van der Waals surface area contributed by atoms with Crippen LogP contribution in [-0.2, 0) is 25.5 Å². The molecule has 0 aliphatic heterocycles. The number of hydrogen-bond donors (Lipinski definition) is 2. The number of rotatable bonds is 7. The Bertz CT molecular complexity index is 1600. The molecule has 12 heteroatoms. The average Bonchev–Trinajstić information content (AvgIpc) is 3.40. The molecule has 190 valence electrons. The molecule has 0 unspecified atom stereocenters. The molecule has 0 fully saturated rings. The fourth-order valence-electron chi connectivity index (χ4n) is 3.39. The number of para-hydroxylation sites is 1. The minimum absolute atomic E-state index is 0.0300. The predicted molar refractivity (Wildman–Crippen MR) is 136 cm³/mol. The molecule has 0 atom stereocenters. The van der Waals surface area contributed by atoms with Gasteiger partial charge in [-0.05, 0) is 50.2 Å². The quantitative estimate of drug-likeness (QED) is 0.363. The lowest BCUT2D eigenvalue weighted by Crippen LogP contribution is -2.20. The molecule has 2 heterocycles. The van der Waals surface area contributed by atoms with Crippen LogP contribution >= 0.6 is 0 Å². The van der Waals surface area contributed by atoms with Crippen LogP contribution in [0, 0.1) is 13.8 Å². The van der Waals surface area contributed by atoms with E-state index in [2.05, 4.69) is 19.7 Å². The van der Waals surface area contributed by atoms with Crippen LogP contribution in [0.25, 0.3) is 5.69 Å². The van der Waals surface area contributed by atoms with Crippen LogP contribution in [0.2, 0.25) is 0 Å². The third-order valence-electron chi connectivity index (χ3n) is 5.50. The number of aryl methyl sites for hydroxylation is 1. The van der Waals surface area contributed by atoms with Gasteiger partial charge in [-0.15, -0.1) is 0 Å². The minimum atomic E-state index is -4.04. The predicted octanol–water partition coefficient (Wildman–Crippen LogP) is 4.38. The van der Waals surface area contributed by atoms with Gasteiger partial charge in [0, 0.05) is 16.7 Å². The Kier molecular flexibility index (Phi) is 6.43. The molecular weight excluding hydrogens is 502 g/mol. The number of aromatic nitrogens is 3. The van der Waals surface area contributed by atoms with Crippen LogP contribution in [0.4, 0.5) is 11.6 Å². The molecule has 0 bridgehead atoms. The van der Waals surface area contributed by atoms with Gasteiger partial charge in [0.05, 0.1) is 28.2 Å². The number of nitrogens with one attached hydrogen (secondary N) is 2. The molecule has 0 saturated heterocycles. The monoisotopic (exact) mass is 529 g/mol. The van der Waals surface area contributed by atoms with E-state index in [1.807, 2.05) is 51.1 Å². The SMILES string of the molecule is Cc1noc(NS(=O)(=O)c2ccc(NS(=O)(=O)c3cn(-c4ccccc4)nc3C(C)(C)C)cc2)c1C. The van der Waals surface area contributed by atoms with Gasteiger partial charge in [0.1, 0.15) is 4.90 Å². The maximum Gasteiger partial charge on any atom is 0.265 e. The van der Waals surface area contributed by atoms with Crippen molar-refractivity contribution in [2.45, 2.75) is 49.8 Å². The summed E-state index contributed by atoms with van der Waals surface area (Å²) < 4.78 is 63.6. The van der Waals surface area contributed by atoms with Gasteiger partial charge in [0.15, 0.2) is 0 Å². The lowest BCUT2D eigenvalue weighted by atomic mass is 9.92. The lowest BCUT2D eigenvalue weighted by molar-refractivity contribution is 0.430. The van der Waals surface area contributed by atoms with Gasteiger partial charge in [-0.1, -0.05) is 44.1 Å². The minimum Gasteiger partial charge on any atom is -0.337 e. The zero-order valence-corrected chi connectivity index (χ0v) is 22.1. The Hall–Kier alpha value is -3.64. The lowest BCUT2D eigenvalue weighted by Gasteiger charge is -2.18. The van der Waals surface area contributed by atoms with Gasteiger partial charge < -0.3 is 4.52 Å². The summed E-state index contributed by atoms with van der Waals surface area (Å²) >= 11 is 0. The molecule has 2 aromatic heterocycles. The van der Waals surface area contributed by atoms with E-state index >= 15 is 0 Å². The average molecular weight is 530 g/mol. The molecule has 2 N–H and O–H groups in total. The molecule has 0 aliphatic rings. The number of nitrogens with zero attached hydrogens (tertiary/aromatic N) is 3. The number of anilines is 2. The zero-order chi connectivity index (χ0) is 26.3. The van der Waals surface area contributed by atoms with Crippen LogP contribution in [0.15, 0.2) is 75.1 Å². The number of benzene rings is 2. The number of sulfonamides is 2. The first-order valence-electron chi connectivity index (χ1n) is 11.0. The van der Waals surface area contributed by atoms with Crippen molar-refractivity contribution in [1.82, 2.24) is 14.9 Å². The highest BCUT2D eigenvalue weighted by Gasteiger charge is 2.30. The first-order valence-corrected chi connectivity index (χ1v) is 14.0. The molecule has 36 heavy (non-hydrogen) atoms. The Morgan fingerprint density at radius 2 is 1.50 bits per heavy atom. The van der Waals surface area contributed by atoms with Gasteiger partial charge in [-0.3, -0.25) is 4.72 Å². The van der Waals surface area contributed by atoms with E-state index in [1.165, 1.54) is 35.1 Å². The van der Waals surface area contributed by atoms with Crippen molar-refractivity contribution in [1.29, 1.82) is 0 Å². The van der Waals surface area contributed by atoms with E-state index in [0.29, 0.717) is 17.0 Å². The molecule has 4 aromatic rings. The van der Waals surface area contributed by atoms with Crippen molar-refractivity contribution in [2.24, 2.45) is 0 Å². The van der Waals surface area contributed by atoms with Gasteiger partial charge in [-0.2, -0.15) is 5.10 Å². The highest BCUT2D eigenvalue weighted by atomic mass is 32.2. The molecule has 0 saturated carbocycles. The second kappa shape index (κ2) is 9.10. The largest absolute Gasteiger partial charge is 0.337 e. The molecule has 0 aliphatic carbocycles. The fraction of sp³-hybridized carbons (Fsp3) is 0.250. The Balaban J connectivity index is 1.61. The highest BCUT2D eigenvalue weighted by Crippen LogP contribution is 2.30. The topological polar surface area (TPSA) is 136 Å². The molecule has 10 nitrogen and oxygen atoms in total. The highest BCUT2D eigenvalue weighted by molar-refractivity contribution is 7.93. The van der Waals surface area contributed by atoms with Gasteiger partial charge >= 0.3 is 0 Å². The Labute approximate surface area is 210 Å². The van der Waals surface area contributed by atoms with E-state index in [-0.39, 0.29) is 21.4 Å². The molecule has 2 aromatic carbocycles. The molecular formula is C24H27N5O5S2. The second-order valence-corrected chi connectivity index (χ2v) is 12.7. The molecule has 0 amide bonds. The van der Waals surface area contributed by atoms with Crippen LogP contribution in [0.3, 0.4) is 0 Å². The zero-order valence-electron chi connectivity index (χ0n) is 20.5. The van der Waals surface area contributed by atoms with Crippen molar-refractivity contribution < 1.29 is 21.4 Å². The molecule has 0 spiro atoms. The first-order chi connectivity index (χ1) is 16.8. The van der Waals surface area contributed by atoms with E-state index in [0.717, 1.165) is 5.69 Å². The van der Waals surface area contributed by atoms with Gasteiger partial charge in [0.25, 0.3) is 20.0 Å². The van der Waals surface area contributed by atoms with E-state index in [9.17, 15) is 16.8 Å². The summed E-state index contributed by atoms with van der Waals surface area (Å²) in [6.07, 6.45) is 1.47. The van der Waals surface area contributed by atoms with Crippen LogP contribution < -0.4 is 9.44 Å². The number of hydrogen-bond acceptors (Lipinski definition) is 7. The van der Waals surface area contributed by atoms with Gasteiger partial charge in [-0.25, -0.2) is 26.2 Å². The van der Waals surface area contributed by atoms with Crippen molar-refractivity contribution in [3.63, 3.8) is 0 Å². The molecule has 4 rings (SSSR count). The summed E-state index contributed by atoms with van der Waals surface area (Å²) in [5.74, 6) is 0.0300. The van der Waals surface area contributed by atoms with E-state index in [4.69, 9.17) is 4.52 Å². The summed E-state index contributed by atoms with van der Waals surface area (Å²) in [7, 11) is -8.00. The normalized spacial score (nSPS) is 12.5. The fourth-order valence-corrected chi connectivity index (χ4v) is 5.83. The summed E-state index contributed by atoms with van der Waals surface area (Å²) in [5.41, 5.74) is 1.93. The van der Waals surface area contributed by atoms with Crippen molar-refractivity contribution in [3.8, 4) is 5.69 Å². The summed E-state index contributed by atoms with van der Waals surface area (Å²) in [5, 5.41) is 8.29. The van der Waals surface area contributed by atoms with Gasteiger partial charge in [0.2, 0.25) is 5.88 Å². The Morgan fingerprint density at radius 1 is 0.861 bits per heavy atom. The molecule has 0 radical (unpaired) electrons. The van der Waals surface area contributed by atoms with E-state index < -0.39 is 25.5 Å². The van der Waals surface area contributed by atoms with Crippen molar-refractivity contribution in [2.75, 3.05) is 9.44 Å². The second-order valence-electron chi connectivity index (χ2n) is 9.33. The summed E-state index contributed by atoms with van der Waals surface area (Å²) in [6.45, 7) is 9.04. The van der Waals surface area contributed by atoms with Crippen molar-refractivity contribution in [3.05, 3.63) is 77.7 Å². The summed E-state index contributed by atoms with van der Waals surface area (Å²) in [4.78, 5) is -0.0282. The maximum absolute atomic E-state index is 13.4. The maximum atomic E-state index is 13.4. The first kappa shape index (κ1) is 25.5. The summed E-state index contributed by atoms with van der Waals surface area (Å²) in [6, 6.07) is 14.6. The standard InChI is InChI=1S/C24H27N5O5S2/c1-16-17(2)26-34-23(16)28-35(30,31)20-13-11-18(12-14-20)27-36(32,33)21-15-29(19-9-7-6-8-10-19)25-22(21)24(3,4)5/h6-15,27-28H,1-5H3. The Morgan fingerprint density at radius 3 is 2.06 bits per heavy atom. The smallest absolute Gasteiger partial charge is 0.265 e. The third kappa shape index (κ3) is 5.14. The van der Waals surface area contributed by atoms with Crippen LogP contribution in [0.5, 0.6) is 0 Å². The van der Waals surface area contributed by atoms with Crippen LogP contribution in [0.1, 0.15) is 37.7 Å². The van der Waals surface area contributed by atoms with E-state index in [1.54, 1.807) is 13.8 Å². The van der Waals surface area contributed by atoms with Crippen LogP contribution in [-0.4, -0.2) is 31.8 Å². The third-order valence-corrected chi connectivity index (χ3v) is 8.23.